The average Bonchev–Trinajstić information content (AvgIpc) is 2.58. The molecule has 1 atom stereocenters. The maximum absolute atomic E-state index is 14.1. The van der Waals surface area contributed by atoms with Crippen LogP contribution in [-0.4, -0.2) is 43.0 Å². The van der Waals surface area contributed by atoms with Crippen LogP contribution in [0.4, 0.5) is 4.39 Å². The van der Waals surface area contributed by atoms with Crippen LogP contribution in [-0.2, 0) is 11.2 Å². The molecule has 0 amide bonds. The number of halogens is 1. The summed E-state index contributed by atoms with van der Waals surface area (Å²) in [4.78, 5) is 7.29. The minimum atomic E-state index is -0.642. The third-order valence-corrected chi connectivity index (χ3v) is 3.41. The molecule has 5 heteroatoms. The van der Waals surface area contributed by atoms with Crippen molar-refractivity contribution in [3.63, 3.8) is 0 Å². The van der Waals surface area contributed by atoms with Crippen molar-refractivity contribution >= 4 is 5.71 Å². The second kappa shape index (κ2) is 9.03. The van der Waals surface area contributed by atoms with Crippen LogP contribution in [0.2, 0.25) is 0 Å². The van der Waals surface area contributed by atoms with Gasteiger partial charge in [-0.1, -0.05) is 35.5 Å². The van der Waals surface area contributed by atoms with Crippen LogP contribution in [0.15, 0.2) is 53.7 Å². The number of nitrogens with zero attached hydrogens (tertiary/aromatic N) is 2. The zero-order valence-electron chi connectivity index (χ0n) is 14.9. The van der Waals surface area contributed by atoms with Crippen LogP contribution in [0.25, 0.3) is 0 Å². The Morgan fingerprint density at radius 1 is 1.21 bits per heavy atom. The van der Waals surface area contributed by atoms with E-state index in [-0.39, 0.29) is 12.2 Å². The number of likely N-dealkylation sites (N-methyl/N-ethyl adjacent to an activating group) is 1. The first-order chi connectivity index (χ1) is 12.0. The lowest BCUT2D eigenvalue weighted by Gasteiger charge is -2.10. The first-order valence-electron chi connectivity index (χ1n) is 8.34. The van der Waals surface area contributed by atoms with Gasteiger partial charge >= 0.3 is 0 Å². The van der Waals surface area contributed by atoms with Crippen molar-refractivity contribution in [2.24, 2.45) is 5.16 Å². The van der Waals surface area contributed by atoms with E-state index in [2.05, 4.69) is 5.16 Å². The molecule has 24 heavy (non-hydrogen) atoms. The number of phenolic OH excluding ortho intramolecular Hbond substituents is 1. The summed E-state index contributed by atoms with van der Waals surface area (Å²) in [6, 6.07) is 12.8. The highest BCUT2D eigenvalue weighted by atomic mass is 19.1. The predicted molar refractivity (Wildman–Crippen MR) is 93.9 cm³/mol. The van der Waals surface area contributed by atoms with Crippen LogP contribution in [0, 0.1) is 5.82 Å². The van der Waals surface area contributed by atoms with Gasteiger partial charge in [-0.2, -0.15) is 0 Å². The van der Waals surface area contributed by atoms with Gasteiger partial charge in [-0.05, 0) is 50.7 Å². The highest BCUT2D eigenvalue weighted by molar-refractivity contribution is 6.00. The van der Waals surface area contributed by atoms with Crippen molar-refractivity contribution < 1.29 is 15.7 Å². The molecule has 128 valence electrons. The van der Waals surface area contributed by atoms with Gasteiger partial charge in [0.15, 0.2) is 0 Å². The van der Waals surface area contributed by atoms with Gasteiger partial charge in [0, 0.05) is 13.5 Å². The molecule has 1 N–H and O–H groups in total. The fourth-order valence-electron chi connectivity index (χ4n) is 2.06. The summed E-state index contributed by atoms with van der Waals surface area (Å²) < 4.78 is 22.5. The quantitative estimate of drug-likeness (QED) is 0.458. The highest BCUT2D eigenvalue weighted by Gasteiger charge is 2.10. The van der Waals surface area contributed by atoms with Gasteiger partial charge < -0.3 is 14.8 Å². The number of aryl methyl sites for hydroxylation is 1. The Bertz CT molecular complexity index is 705. The van der Waals surface area contributed by atoms with Gasteiger partial charge in [-0.15, -0.1) is 0 Å². The van der Waals surface area contributed by atoms with Crippen LogP contribution >= 0.6 is 0 Å². The van der Waals surface area contributed by atoms with E-state index in [9.17, 15) is 9.50 Å². The van der Waals surface area contributed by atoms with Crippen molar-refractivity contribution in [2.75, 3.05) is 27.2 Å². The summed E-state index contributed by atoms with van der Waals surface area (Å²) in [5.41, 5.74) is 1.45. The summed E-state index contributed by atoms with van der Waals surface area (Å²) >= 11 is 0. The molecule has 0 radical (unpaired) electrons. The van der Waals surface area contributed by atoms with Crippen molar-refractivity contribution in [2.45, 2.75) is 12.8 Å². The molecule has 0 aliphatic rings. The number of benzene rings is 2. The second-order valence-electron chi connectivity index (χ2n) is 5.65. The third kappa shape index (κ3) is 5.66. The molecular weight excluding hydrogens is 307 g/mol. The van der Waals surface area contributed by atoms with Gasteiger partial charge in [0.1, 0.15) is 18.2 Å². The standard InChI is InChI=1S/C19H23FN2O2/c1-22(2)13-14-24-21-19(17-5-3-4-6-18(17)20)12-9-15-7-10-16(23)11-8-15/h3-8,10-11,23H,9,12-14H2,1-2H3/b21-19-/i9D. The van der Waals surface area contributed by atoms with Gasteiger partial charge in [-0.3, -0.25) is 0 Å². The Kier molecular flexibility index (Phi) is 6.19. The summed E-state index contributed by atoms with van der Waals surface area (Å²) in [7, 11) is 3.85. The SMILES string of the molecule is [2H]C(C/C(=N/OCCN(C)C)c1ccccc1F)c1ccc(O)cc1. The predicted octanol–water partition coefficient (Wildman–Crippen LogP) is 3.45. The van der Waals surface area contributed by atoms with Crippen LogP contribution in [0.5, 0.6) is 5.75 Å². The van der Waals surface area contributed by atoms with E-state index in [4.69, 9.17) is 6.21 Å². The first-order valence-corrected chi connectivity index (χ1v) is 7.77. The molecule has 2 rings (SSSR count). The molecule has 0 fully saturated rings. The average molecular weight is 331 g/mol. The third-order valence-electron chi connectivity index (χ3n) is 3.41. The molecule has 0 bridgehead atoms. The summed E-state index contributed by atoms with van der Waals surface area (Å²) in [6.45, 7) is 1.07. The molecule has 0 aliphatic carbocycles. The summed E-state index contributed by atoms with van der Waals surface area (Å²) in [5, 5.41) is 13.5. The summed E-state index contributed by atoms with van der Waals surface area (Å²) in [5.74, 6) is -0.249. The van der Waals surface area contributed by atoms with Gasteiger partial charge in [0.05, 0.1) is 5.71 Å². The molecule has 4 nitrogen and oxygen atoms in total. The van der Waals surface area contributed by atoms with E-state index in [0.717, 1.165) is 5.56 Å². The van der Waals surface area contributed by atoms with Gasteiger partial charge in [-0.25, -0.2) is 4.39 Å². The zero-order valence-corrected chi connectivity index (χ0v) is 13.9. The molecule has 2 aromatic carbocycles. The maximum atomic E-state index is 14.1. The van der Waals surface area contributed by atoms with E-state index in [1.807, 2.05) is 19.0 Å². The Morgan fingerprint density at radius 3 is 2.58 bits per heavy atom. The van der Waals surface area contributed by atoms with E-state index in [1.165, 1.54) is 18.2 Å². The molecule has 0 aromatic heterocycles. The number of phenols is 1. The monoisotopic (exact) mass is 331 g/mol. The number of hydrogen-bond donors (Lipinski definition) is 1. The topological polar surface area (TPSA) is 45.1 Å². The molecule has 0 saturated carbocycles. The first kappa shape index (κ1) is 16.5. The summed E-state index contributed by atoms with van der Waals surface area (Å²) in [6.07, 6.45) is -0.440. The van der Waals surface area contributed by atoms with E-state index in [0.29, 0.717) is 24.4 Å². The van der Waals surface area contributed by atoms with Crippen LogP contribution in [0.1, 0.15) is 18.9 Å². The van der Waals surface area contributed by atoms with Gasteiger partial charge in [0.25, 0.3) is 0 Å². The molecular formula is C19H23FN2O2. The van der Waals surface area contributed by atoms with Crippen molar-refractivity contribution in [3.05, 3.63) is 65.5 Å². The number of rotatable bonds is 8. The largest absolute Gasteiger partial charge is 0.508 e. The van der Waals surface area contributed by atoms with Gasteiger partial charge in [0.2, 0.25) is 0 Å². The molecule has 1 unspecified atom stereocenters. The van der Waals surface area contributed by atoms with Crippen molar-refractivity contribution in [1.82, 2.24) is 4.90 Å². The lowest BCUT2D eigenvalue weighted by atomic mass is 10.0. The Morgan fingerprint density at radius 2 is 1.92 bits per heavy atom. The lowest BCUT2D eigenvalue weighted by Crippen LogP contribution is -2.17. The molecule has 0 spiro atoms. The minimum absolute atomic E-state index is 0.144. The normalized spacial score (nSPS) is 13.7. The molecule has 2 aromatic rings. The van der Waals surface area contributed by atoms with E-state index >= 15 is 0 Å². The second-order valence-corrected chi connectivity index (χ2v) is 5.65. The lowest BCUT2D eigenvalue weighted by molar-refractivity contribution is 0.125. The minimum Gasteiger partial charge on any atom is -0.508 e. The number of aromatic hydroxyl groups is 1. The number of oxime groups is 1. The smallest absolute Gasteiger partial charge is 0.132 e. The van der Waals surface area contributed by atoms with E-state index < -0.39 is 12.2 Å². The van der Waals surface area contributed by atoms with Crippen molar-refractivity contribution in [1.29, 1.82) is 0 Å². The molecule has 0 saturated heterocycles. The molecule has 0 aliphatic heterocycles. The number of hydrogen-bond acceptors (Lipinski definition) is 4. The fraction of sp³-hybridized carbons (Fsp3) is 0.316. The Balaban J connectivity index is 2.17. The van der Waals surface area contributed by atoms with Crippen LogP contribution in [0.3, 0.4) is 0 Å². The fourth-order valence-corrected chi connectivity index (χ4v) is 2.06. The zero-order chi connectivity index (χ0) is 18.2. The van der Waals surface area contributed by atoms with E-state index in [1.54, 1.807) is 30.3 Å². The van der Waals surface area contributed by atoms with Crippen LogP contribution < -0.4 is 0 Å². The maximum Gasteiger partial charge on any atom is 0.132 e. The Hall–Kier alpha value is -2.40. The van der Waals surface area contributed by atoms with Crippen molar-refractivity contribution in [3.8, 4) is 5.75 Å². The highest BCUT2D eigenvalue weighted by Crippen LogP contribution is 2.15. The molecule has 0 heterocycles. The Labute approximate surface area is 143 Å².